The van der Waals surface area contributed by atoms with Gasteiger partial charge in [0.1, 0.15) is 6.04 Å². The zero-order valence-electron chi connectivity index (χ0n) is 14.1. The number of rotatable bonds is 1. The Morgan fingerprint density at radius 1 is 1.19 bits per heavy atom. The number of hydrogen-bond acceptors (Lipinski definition) is 3. The topological polar surface area (TPSA) is 49.8 Å². The molecule has 0 bridgehead atoms. The summed E-state index contributed by atoms with van der Waals surface area (Å²) in [6, 6.07) is 7.58. The lowest BCUT2D eigenvalue weighted by Gasteiger charge is -2.30. The van der Waals surface area contributed by atoms with Gasteiger partial charge in [-0.3, -0.25) is 9.46 Å². The number of benzene rings is 1. The molecule has 5 heteroatoms. The van der Waals surface area contributed by atoms with E-state index in [1.165, 1.54) is 5.56 Å². The van der Waals surface area contributed by atoms with E-state index in [0.29, 0.717) is 13.0 Å². The summed E-state index contributed by atoms with van der Waals surface area (Å²) >= 11 is 0. The number of carboxylic acids is 1. The van der Waals surface area contributed by atoms with Crippen LogP contribution in [0.1, 0.15) is 38.8 Å². The number of hydrogen-bond donors (Lipinski definition) is 1. The Labute approximate surface area is 131 Å². The molecule has 1 aromatic rings. The molecule has 1 aliphatic rings. The predicted molar refractivity (Wildman–Crippen MR) is 92.5 cm³/mol. The number of methoxy groups -OCH3 is 1. The van der Waals surface area contributed by atoms with Crippen LogP contribution in [0.2, 0.25) is 0 Å². The van der Waals surface area contributed by atoms with E-state index in [9.17, 15) is 4.79 Å². The van der Waals surface area contributed by atoms with Crippen LogP contribution in [0.15, 0.2) is 24.3 Å². The van der Waals surface area contributed by atoms with E-state index >= 15 is 0 Å². The van der Waals surface area contributed by atoms with Crippen molar-refractivity contribution < 1.29 is 14.6 Å². The zero-order valence-corrected chi connectivity index (χ0v) is 15.2. The highest BCUT2D eigenvalue weighted by molar-refractivity contribution is 7.13. The molecule has 2 rings (SSSR count). The second-order valence-corrected chi connectivity index (χ2v) is 4.57. The van der Waals surface area contributed by atoms with Crippen LogP contribution in [0.25, 0.3) is 0 Å². The minimum atomic E-state index is -0.755. The van der Waals surface area contributed by atoms with Crippen molar-refractivity contribution in [1.29, 1.82) is 0 Å². The third kappa shape index (κ3) is 8.15. The second-order valence-electron chi connectivity index (χ2n) is 3.91. The van der Waals surface area contributed by atoms with E-state index in [2.05, 4.69) is 14.1 Å². The Balaban J connectivity index is 0. The van der Waals surface area contributed by atoms with Crippen LogP contribution in [0.5, 0.6) is 0 Å². The van der Waals surface area contributed by atoms with E-state index in [0.717, 1.165) is 5.56 Å². The molecule has 0 aliphatic carbocycles. The first-order valence-electron chi connectivity index (χ1n) is 7.31. The van der Waals surface area contributed by atoms with Gasteiger partial charge in [-0.2, -0.15) is 0 Å². The van der Waals surface area contributed by atoms with Gasteiger partial charge in [-0.05, 0) is 17.5 Å². The summed E-state index contributed by atoms with van der Waals surface area (Å²) in [7, 11) is 5.74. The van der Waals surface area contributed by atoms with Gasteiger partial charge in [-0.1, -0.05) is 61.4 Å². The average Bonchev–Trinajstić information content (AvgIpc) is 2.51. The Morgan fingerprint density at radius 3 is 2.05 bits per heavy atom. The third-order valence-corrected chi connectivity index (χ3v) is 3.11. The van der Waals surface area contributed by atoms with Gasteiger partial charge in [0.25, 0.3) is 0 Å². The molecule has 1 aromatic carbocycles. The summed E-state index contributed by atoms with van der Waals surface area (Å²) in [6.45, 7) is 8.69. The fourth-order valence-corrected chi connectivity index (χ4v) is 2.20. The summed E-state index contributed by atoms with van der Waals surface area (Å²) in [5.41, 5.74) is 2.37. The summed E-state index contributed by atoms with van der Waals surface area (Å²) in [5.74, 6) is -0.755. The molecular weight excluding hydrogens is 285 g/mol. The monoisotopic (exact) mass is 315 g/mol. The van der Waals surface area contributed by atoms with Crippen LogP contribution in [-0.4, -0.2) is 36.0 Å². The van der Waals surface area contributed by atoms with Gasteiger partial charge in [0, 0.05) is 20.8 Å². The number of nitrogens with zero attached hydrogens (tertiary/aromatic N) is 1. The van der Waals surface area contributed by atoms with Gasteiger partial charge in [0.15, 0.2) is 0 Å². The first-order chi connectivity index (χ1) is 10.1. The number of aliphatic carboxylic acids is 1. The summed E-state index contributed by atoms with van der Waals surface area (Å²) < 4.78 is 6.05. The molecule has 1 aliphatic heterocycles. The Hall–Kier alpha value is -0.960. The molecule has 0 spiro atoms. The molecule has 0 radical (unpaired) electrons. The second kappa shape index (κ2) is 14.0. The predicted octanol–water partition coefficient (Wildman–Crippen LogP) is 3.60. The minimum absolute atomic E-state index is 0.408. The zero-order chi connectivity index (χ0) is 16.8. The lowest BCUT2D eigenvalue weighted by Crippen LogP contribution is -2.39. The molecule has 2 atom stereocenters. The lowest BCUT2D eigenvalue weighted by molar-refractivity contribution is -0.141. The van der Waals surface area contributed by atoms with Crippen LogP contribution in [0, 0.1) is 0 Å². The summed E-state index contributed by atoms with van der Waals surface area (Å²) in [6.07, 6.45) is 0.592. The first kappa shape index (κ1) is 22.3. The fraction of sp³-hybridized carbons (Fsp3) is 0.562. The van der Waals surface area contributed by atoms with Crippen molar-refractivity contribution in [3.05, 3.63) is 35.4 Å². The molecule has 0 amide bonds. The van der Waals surface area contributed by atoms with Crippen molar-refractivity contribution >= 4 is 15.4 Å². The molecule has 0 saturated heterocycles. The summed E-state index contributed by atoms with van der Waals surface area (Å²) in [5, 5.41) is 8.98. The van der Waals surface area contributed by atoms with Gasteiger partial charge in [-0.15, -0.1) is 0 Å². The maximum Gasteiger partial charge on any atom is 0.321 e. The van der Waals surface area contributed by atoms with Crippen LogP contribution in [0.3, 0.4) is 0 Å². The maximum atomic E-state index is 10.9. The fourth-order valence-electron chi connectivity index (χ4n) is 1.77. The minimum Gasteiger partial charge on any atom is -0.480 e. The van der Waals surface area contributed by atoms with E-state index < -0.39 is 12.0 Å². The average molecular weight is 315 g/mol. The van der Waals surface area contributed by atoms with Gasteiger partial charge >= 0.3 is 5.97 Å². The quantitative estimate of drug-likeness (QED) is 0.805. The molecule has 0 saturated carbocycles. The molecule has 1 N–H and O–H groups in total. The molecular formula is C16H30NO3P. The Bertz CT molecular complexity index is 386. The first-order valence-corrected chi connectivity index (χ1v) is 7.82. The van der Waals surface area contributed by atoms with E-state index in [1.807, 2.05) is 52.0 Å². The molecule has 122 valence electrons. The maximum absolute atomic E-state index is 10.9. The van der Waals surface area contributed by atoms with Crippen molar-refractivity contribution in [2.24, 2.45) is 0 Å². The highest BCUT2D eigenvalue weighted by atomic mass is 31.0. The van der Waals surface area contributed by atoms with Crippen LogP contribution in [-0.2, 0) is 22.5 Å². The molecule has 21 heavy (non-hydrogen) atoms. The lowest BCUT2D eigenvalue weighted by atomic mass is 9.96. The van der Waals surface area contributed by atoms with Crippen molar-refractivity contribution in [2.45, 2.75) is 46.7 Å². The van der Waals surface area contributed by atoms with E-state index in [1.54, 1.807) is 18.9 Å². The number of ether oxygens (including phenoxy) is 1. The molecule has 0 aromatic heterocycles. The summed E-state index contributed by atoms with van der Waals surface area (Å²) in [4.78, 5) is 10.9. The SMILES string of the molecule is CC.CC.COC.O=C(O)C1Cc2ccccc2CN1P. The number of fused-ring (bicyclic) bond motifs is 1. The highest BCUT2D eigenvalue weighted by Gasteiger charge is 2.28. The molecule has 1 heterocycles. The third-order valence-electron chi connectivity index (χ3n) is 2.57. The van der Waals surface area contributed by atoms with Crippen molar-refractivity contribution in [2.75, 3.05) is 14.2 Å². The molecule has 2 unspecified atom stereocenters. The largest absolute Gasteiger partial charge is 0.480 e. The number of carboxylic acid groups (broad SMARTS) is 1. The van der Waals surface area contributed by atoms with Crippen LogP contribution < -0.4 is 0 Å². The normalized spacial score (nSPS) is 15.9. The molecule has 4 nitrogen and oxygen atoms in total. The number of carbonyl (C=O) groups is 1. The van der Waals surface area contributed by atoms with Crippen molar-refractivity contribution in [3.8, 4) is 0 Å². The van der Waals surface area contributed by atoms with E-state index in [-0.39, 0.29) is 0 Å². The Kier molecular flexibility index (Phi) is 14.9. The van der Waals surface area contributed by atoms with Gasteiger partial charge in [-0.25, -0.2) is 0 Å². The Morgan fingerprint density at radius 2 is 1.62 bits per heavy atom. The van der Waals surface area contributed by atoms with Gasteiger partial charge in [0.2, 0.25) is 0 Å². The van der Waals surface area contributed by atoms with Crippen LogP contribution in [0.4, 0.5) is 0 Å². The molecule has 0 fully saturated rings. The van der Waals surface area contributed by atoms with Crippen LogP contribution >= 0.6 is 9.39 Å². The highest BCUT2D eigenvalue weighted by Crippen LogP contribution is 2.25. The van der Waals surface area contributed by atoms with E-state index in [4.69, 9.17) is 5.11 Å². The van der Waals surface area contributed by atoms with Crippen molar-refractivity contribution in [1.82, 2.24) is 4.67 Å². The van der Waals surface area contributed by atoms with Crippen molar-refractivity contribution in [3.63, 3.8) is 0 Å². The smallest absolute Gasteiger partial charge is 0.321 e. The standard InChI is InChI=1S/C10H12NO2P.C2H6O.2C2H6/c12-10(13)9-5-7-3-1-2-4-8(7)6-11(9)14;1-3-2;2*1-2/h1-4,9H,5-6,14H2,(H,12,13);1-2H3;2*1-2H3. The van der Waals surface area contributed by atoms with Gasteiger partial charge in [0.05, 0.1) is 0 Å². The van der Waals surface area contributed by atoms with Gasteiger partial charge < -0.3 is 9.84 Å².